The second-order valence-electron chi connectivity index (χ2n) is 5.57. The summed E-state index contributed by atoms with van der Waals surface area (Å²) in [6.07, 6.45) is 16.0. The van der Waals surface area contributed by atoms with E-state index < -0.39 is 0 Å². The predicted molar refractivity (Wildman–Crippen MR) is 88.0 cm³/mol. The summed E-state index contributed by atoms with van der Waals surface area (Å²) < 4.78 is 9.81. The minimum Gasteiger partial charge on any atom is -0.465 e. The third-order valence-corrected chi connectivity index (χ3v) is 3.66. The van der Waals surface area contributed by atoms with Crippen molar-refractivity contribution in [2.45, 2.75) is 13.0 Å². The number of aldehydes is 1. The van der Waals surface area contributed by atoms with Crippen molar-refractivity contribution in [2.24, 2.45) is 7.05 Å². The third-order valence-electron chi connectivity index (χ3n) is 3.66. The monoisotopic (exact) mass is 307 g/mol. The number of ether oxygens (including phenoxy) is 1. The Morgan fingerprint density at radius 3 is 2.70 bits per heavy atom. The summed E-state index contributed by atoms with van der Waals surface area (Å²) in [5.74, 6) is 0.728. The van der Waals surface area contributed by atoms with Crippen LogP contribution in [0.1, 0.15) is 16.8 Å². The van der Waals surface area contributed by atoms with E-state index in [1.807, 2.05) is 17.8 Å². The van der Waals surface area contributed by atoms with Gasteiger partial charge in [0.1, 0.15) is 31.0 Å². The molecule has 0 saturated carbocycles. The molecule has 0 aliphatic heterocycles. The molecule has 0 amide bonds. The van der Waals surface area contributed by atoms with Crippen molar-refractivity contribution in [2.75, 3.05) is 0 Å². The largest absolute Gasteiger partial charge is 0.465 e. The van der Waals surface area contributed by atoms with E-state index in [1.165, 1.54) is 5.57 Å². The summed E-state index contributed by atoms with van der Waals surface area (Å²) in [5.41, 5.74) is 3.05. The average Bonchev–Trinajstić information content (AvgIpc) is 2.99. The molecule has 2 aromatic rings. The predicted octanol–water partition coefficient (Wildman–Crippen LogP) is 2.97. The van der Waals surface area contributed by atoms with E-state index in [1.54, 1.807) is 30.5 Å². The Morgan fingerprint density at radius 2 is 2.09 bits per heavy atom. The van der Waals surface area contributed by atoms with Gasteiger partial charge in [0.2, 0.25) is 6.33 Å². The van der Waals surface area contributed by atoms with E-state index in [9.17, 15) is 4.79 Å². The van der Waals surface area contributed by atoms with Crippen LogP contribution in [0.25, 0.3) is 0 Å². The van der Waals surface area contributed by atoms with Crippen molar-refractivity contribution in [1.29, 1.82) is 0 Å². The summed E-state index contributed by atoms with van der Waals surface area (Å²) in [6.45, 7) is 0.874. The van der Waals surface area contributed by atoms with Crippen LogP contribution < -0.4 is 9.30 Å². The van der Waals surface area contributed by atoms with Gasteiger partial charge in [0, 0.05) is 5.56 Å². The average molecular weight is 307 g/mol. The second-order valence-corrected chi connectivity index (χ2v) is 5.57. The lowest BCUT2D eigenvalue weighted by Crippen LogP contribution is -2.23. The van der Waals surface area contributed by atoms with Crippen molar-refractivity contribution >= 4 is 6.29 Å². The van der Waals surface area contributed by atoms with Gasteiger partial charge in [-0.1, -0.05) is 18.2 Å². The van der Waals surface area contributed by atoms with Gasteiger partial charge in [0.05, 0.1) is 13.3 Å². The van der Waals surface area contributed by atoms with Gasteiger partial charge >= 0.3 is 0 Å². The van der Waals surface area contributed by atoms with E-state index in [2.05, 4.69) is 35.3 Å². The van der Waals surface area contributed by atoms with Crippen LogP contribution in [0.4, 0.5) is 0 Å². The van der Waals surface area contributed by atoms with Crippen molar-refractivity contribution in [1.82, 2.24) is 4.57 Å². The molecule has 0 unspecified atom stereocenters. The number of nitrogens with zero attached hydrogens (tertiary/aromatic N) is 2. The molecule has 4 nitrogen and oxygen atoms in total. The number of aromatic nitrogens is 2. The van der Waals surface area contributed by atoms with Gasteiger partial charge in [-0.05, 0) is 41.8 Å². The highest BCUT2D eigenvalue weighted by atomic mass is 16.5. The molecule has 0 atom stereocenters. The van der Waals surface area contributed by atoms with E-state index >= 15 is 0 Å². The topological polar surface area (TPSA) is 35.1 Å². The quantitative estimate of drug-likeness (QED) is 0.483. The fraction of sp³-hybridized carbons (Fsp3) is 0.158. The Hall–Kier alpha value is -2.88. The van der Waals surface area contributed by atoms with Gasteiger partial charge in [-0.3, -0.25) is 4.79 Å². The first-order valence-electron chi connectivity index (χ1n) is 7.52. The molecule has 4 heteroatoms. The summed E-state index contributed by atoms with van der Waals surface area (Å²) >= 11 is 0. The number of benzene rings is 1. The molecule has 1 aliphatic rings. The first kappa shape index (κ1) is 15.0. The van der Waals surface area contributed by atoms with Crippen LogP contribution in [-0.4, -0.2) is 10.9 Å². The molecule has 0 bridgehead atoms. The molecule has 23 heavy (non-hydrogen) atoms. The zero-order valence-corrected chi connectivity index (χ0v) is 13.1. The Balaban J connectivity index is 1.57. The summed E-state index contributed by atoms with van der Waals surface area (Å²) in [6, 6.07) is 7.07. The zero-order valence-electron chi connectivity index (χ0n) is 13.1. The number of carbonyl (C=O) groups excluding carboxylic acids is 1. The van der Waals surface area contributed by atoms with E-state index in [-0.39, 0.29) is 0 Å². The number of carbonyl (C=O) groups is 1. The number of aryl methyl sites for hydroxylation is 1. The molecule has 0 spiro atoms. The minimum absolute atomic E-state index is 0.647. The Bertz CT molecular complexity index is 780. The molecule has 0 radical (unpaired) electrons. The highest BCUT2D eigenvalue weighted by Crippen LogP contribution is 2.18. The van der Waals surface area contributed by atoms with Crippen molar-refractivity contribution < 1.29 is 14.1 Å². The maximum Gasteiger partial charge on any atom is 0.243 e. The SMILES string of the molecule is C[n+]1ccn(CC2=CCC(=COc3ccc(C=O)cc3)C=C2)c1. The molecule has 0 saturated heterocycles. The normalized spacial score (nSPS) is 15.5. The maximum atomic E-state index is 10.6. The first-order valence-corrected chi connectivity index (χ1v) is 7.52. The molecule has 1 heterocycles. The summed E-state index contributed by atoms with van der Waals surface area (Å²) in [5, 5.41) is 0. The highest BCUT2D eigenvalue weighted by molar-refractivity contribution is 5.74. The van der Waals surface area contributed by atoms with Gasteiger partial charge in [0.25, 0.3) is 0 Å². The van der Waals surface area contributed by atoms with E-state index in [0.29, 0.717) is 5.56 Å². The number of hydrogen-bond acceptors (Lipinski definition) is 2. The van der Waals surface area contributed by atoms with Crippen molar-refractivity contribution in [3.63, 3.8) is 0 Å². The highest BCUT2D eigenvalue weighted by Gasteiger charge is 2.06. The van der Waals surface area contributed by atoms with Crippen LogP contribution in [0.5, 0.6) is 5.75 Å². The Morgan fingerprint density at radius 1 is 1.26 bits per heavy atom. The molecule has 0 fully saturated rings. The molecular weight excluding hydrogens is 288 g/mol. The lowest BCUT2D eigenvalue weighted by molar-refractivity contribution is -0.671. The smallest absolute Gasteiger partial charge is 0.243 e. The van der Waals surface area contributed by atoms with Gasteiger partial charge in [0.15, 0.2) is 0 Å². The van der Waals surface area contributed by atoms with Gasteiger partial charge in [-0.2, -0.15) is 0 Å². The number of allylic oxidation sites excluding steroid dienone is 5. The van der Waals surface area contributed by atoms with Crippen LogP contribution in [0.3, 0.4) is 0 Å². The van der Waals surface area contributed by atoms with E-state index in [4.69, 9.17) is 4.74 Å². The molecule has 3 rings (SSSR count). The molecule has 1 aromatic heterocycles. The number of hydrogen-bond donors (Lipinski definition) is 0. The fourth-order valence-corrected chi connectivity index (χ4v) is 2.38. The van der Waals surface area contributed by atoms with Gasteiger partial charge < -0.3 is 4.74 Å². The van der Waals surface area contributed by atoms with Crippen LogP contribution in [0.15, 0.2) is 78.6 Å². The summed E-state index contributed by atoms with van der Waals surface area (Å²) in [4.78, 5) is 10.6. The standard InChI is InChI=1S/C19H19N2O2/c1-20-10-11-21(15-20)12-16-2-4-18(5-3-16)14-23-19-8-6-17(13-22)7-9-19/h2-4,6-11,13-15H,5,12H2,1H3/q+1. The number of imidazole rings is 1. The molecule has 116 valence electrons. The van der Waals surface area contributed by atoms with Crippen molar-refractivity contribution in [3.05, 3.63) is 84.2 Å². The van der Waals surface area contributed by atoms with Crippen LogP contribution in [0, 0.1) is 0 Å². The maximum absolute atomic E-state index is 10.6. The Kier molecular flexibility index (Phi) is 4.52. The van der Waals surface area contributed by atoms with Crippen LogP contribution in [-0.2, 0) is 13.6 Å². The van der Waals surface area contributed by atoms with Crippen molar-refractivity contribution in [3.8, 4) is 5.75 Å². The molecule has 1 aromatic carbocycles. The third kappa shape index (κ3) is 4.07. The minimum atomic E-state index is 0.647. The summed E-state index contributed by atoms with van der Waals surface area (Å²) in [7, 11) is 2.02. The van der Waals surface area contributed by atoms with Crippen LogP contribution in [0.2, 0.25) is 0 Å². The lowest BCUT2D eigenvalue weighted by atomic mass is 10.0. The van der Waals surface area contributed by atoms with Gasteiger partial charge in [-0.25, -0.2) is 9.13 Å². The van der Waals surface area contributed by atoms with Crippen LogP contribution >= 0.6 is 0 Å². The first-order chi connectivity index (χ1) is 11.2. The van der Waals surface area contributed by atoms with E-state index in [0.717, 1.165) is 30.6 Å². The second kappa shape index (κ2) is 6.92. The Labute approximate surface area is 135 Å². The molecular formula is C19H19N2O2+. The number of rotatable bonds is 5. The fourth-order valence-electron chi connectivity index (χ4n) is 2.38. The van der Waals surface area contributed by atoms with Gasteiger partial charge in [-0.15, -0.1) is 0 Å². The molecule has 1 aliphatic carbocycles. The zero-order chi connectivity index (χ0) is 16.1. The lowest BCUT2D eigenvalue weighted by Gasteiger charge is -2.08. The molecule has 0 N–H and O–H groups in total.